The summed E-state index contributed by atoms with van der Waals surface area (Å²) < 4.78 is 0. The van der Waals surface area contributed by atoms with Crippen molar-refractivity contribution in [1.82, 2.24) is 0 Å². The third-order valence-electron chi connectivity index (χ3n) is 10.2. The van der Waals surface area contributed by atoms with Gasteiger partial charge in [0.05, 0.1) is 0 Å². The second kappa shape index (κ2) is 10.7. The molecule has 0 amide bonds. The van der Waals surface area contributed by atoms with Gasteiger partial charge in [0.15, 0.2) is 0 Å². The Morgan fingerprint density at radius 2 is 0.396 bits per heavy atom. The van der Waals surface area contributed by atoms with Crippen LogP contribution in [0.4, 0.5) is 0 Å². The zero-order valence-corrected chi connectivity index (χ0v) is 26.3. The molecule has 0 aromatic heterocycles. The summed E-state index contributed by atoms with van der Waals surface area (Å²) in [7, 11) is 0. The summed E-state index contributed by atoms with van der Waals surface area (Å²) in [5.41, 5.74) is 7.36. The lowest BCUT2D eigenvalue weighted by Crippen LogP contribution is -1.86. The van der Waals surface area contributed by atoms with Gasteiger partial charge in [-0.2, -0.15) is 0 Å². The van der Waals surface area contributed by atoms with Gasteiger partial charge in [-0.05, 0) is 116 Å². The molecule has 0 fully saturated rings. The molecule has 0 spiro atoms. The maximum atomic E-state index is 2.37. The van der Waals surface area contributed by atoms with Crippen molar-refractivity contribution < 1.29 is 0 Å². The van der Waals surface area contributed by atoms with E-state index in [0.717, 1.165) is 0 Å². The predicted molar refractivity (Wildman–Crippen MR) is 208 cm³/mol. The molecule has 0 aliphatic rings. The monoisotopic (exact) mass is 606 g/mol. The maximum Gasteiger partial charge on any atom is -0.00928 e. The molecule has 0 heteroatoms. The number of hydrogen-bond acceptors (Lipinski definition) is 0. The van der Waals surface area contributed by atoms with Crippen LogP contribution in [0.2, 0.25) is 0 Å². The molecule has 0 aliphatic carbocycles. The van der Waals surface area contributed by atoms with Crippen LogP contribution < -0.4 is 0 Å². The Kier molecular flexibility index (Phi) is 5.98. The summed E-state index contributed by atoms with van der Waals surface area (Å²) in [6.07, 6.45) is 0. The van der Waals surface area contributed by atoms with Crippen LogP contribution >= 0.6 is 0 Å². The summed E-state index contributed by atoms with van der Waals surface area (Å²) in [5, 5.41) is 15.6. The fourth-order valence-electron chi connectivity index (χ4n) is 7.91. The van der Waals surface area contributed by atoms with Gasteiger partial charge in [-0.1, -0.05) is 164 Å². The highest BCUT2D eigenvalue weighted by molar-refractivity contribution is 6.27. The smallest absolute Gasteiger partial charge is 0.00928 e. The van der Waals surface area contributed by atoms with E-state index < -0.39 is 0 Å². The van der Waals surface area contributed by atoms with Crippen molar-refractivity contribution in [3.05, 3.63) is 182 Å². The SMILES string of the molecule is c1cc(-c2ccc(-c3ccc4c5ccccc5c5ccccc5c4c3)cc2)cc(-c2ccc3c4ccccc4c4ccccc4c3c2)c1. The Labute approximate surface area is 279 Å². The van der Waals surface area contributed by atoms with E-state index in [9.17, 15) is 0 Å². The standard InChI is InChI=1S/C48H30/c1-3-16-41-37(12-1)39-14-5-7-18-43(39)47-29-35(24-26-45(41)47)32-22-20-31(21-23-32)33-10-9-11-34(28-33)36-25-27-46-42-17-4-2-13-38(42)40-15-6-8-19-44(40)48(46)30-36/h1-30H. The number of hydrogen-bond donors (Lipinski definition) is 0. The minimum Gasteiger partial charge on any atom is -0.0616 e. The molecule has 48 heavy (non-hydrogen) atoms. The fourth-order valence-corrected chi connectivity index (χ4v) is 7.91. The maximum absolute atomic E-state index is 2.37. The van der Waals surface area contributed by atoms with Crippen LogP contribution in [0.3, 0.4) is 0 Å². The molecule has 10 rings (SSSR count). The Morgan fingerprint density at radius 3 is 0.771 bits per heavy atom. The van der Waals surface area contributed by atoms with Crippen molar-refractivity contribution in [3.63, 3.8) is 0 Å². The molecule has 0 heterocycles. The summed E-state index contributed by atoms with van der Waals surface area (Å²) >= 11 is 0. The summed E-state index contributed by atoms with van der Waals surface area (Å²) in [6, 6.07) is 67.0. The van der Waals surface area contributed by atoms with Crippen molar-refractivity contribution in [3.8, 4) is 33.4 Å². The number of fused-ring (bicyclic) bond motifs is 12. The third-order valence-corrected chi connectivity index (χ3v) is 10.2. The molecule has 0 N–H and O–H groups in total. The largest absolute Gasteiger partial charge is 0.0616 e. The van der Waals surface area contributed by atoms with Crippen LogP contribution in [0.25, 0.3) is 98.0 Å². The van der Waals surface area contributed by atoms with Crippen molar-refractivity contribution in [2.75, 3.05) is 0 Å². The van der Waals surface area contributed by atoms with E-state index in [1.54, 1.807) is 0 Å². The molecule has 10 aromatic rings. The predicted octanol–water partition coefficient (Wildman–Crippen LogP) is 13.6. The van der Waals surface area contributed by atoms with Crippen LogP contribution in [-0.4, -0.2) is 0 Å². The van der Waals surface area contributed by atoms with Crippen molar-refractivity contribution in [2.45, 2.75) is 0 Å². The van der Waals surface area contributed by atoms with Crippen LogP contribution in [0.5, 0.6) is 0 Å². The lowest BCUT2D eigenvalue weighted by atomic mass is 9.91. The van der Waals surface area contributed by atoms with E-state index in [-0.39, 0.29) is 0 Å². The van der Waals surface area contributed by atoms with Crippen LogP contribution in [0.1, 0.15) is 0 Å². The Balaban J connectivity index is 1.04. The van der Waals surface area contributed by atoms with Crippen LogP contribution in [-0.2, 0) is 0 Å². The highest BCUT2D eigenvalue weighted by atomic mass is 14.2. The molecular weight excluding hydrogens is 577 g/mol. The molecule has 0 unspecified atom stereocenters. The van der Waals surface area contributed by atoms with Gasteiger partial charge < -0.3 is 0 Å². The quantitative estimate of drug-likeness (QED) is 0.176. The normalized spacial score (nSPS) is 11.8. The van der Waals surface area contributed by atoms with Crippen molar-refractivity contribution >= 4 is 64.6 Å². The van der Waals surface area contributed by atoms with Gasteiger partial charge in [-0.25, -0.2) is 0 Å². The first-order chi connectivity index (χ1) is 23.8. The van der Waals surface area contributed by atoms with Crippen molar-refractivity contribution in [2.24, 2.45) is 0 Å². The van der Waals surface area contributed by atoms with Gasteiger partial charge >= 0.3 is 0 Å². The third kappa shape index (κ3) is 4.16. The molecule has 222 valence electrons. The van der Waals surface area contributed by atoms with Gasteiger partial charge in [-0.15, -0.1) is 0 Å². The first-order valence-electron chi connectivity index (χ1n) is 16.7. The minimum atomic E-state index is 1.22. The van der Waals surface area contributed by atoms with E-state index in [0.29, 0.717) is 0 Å². The fraction of sp³-hybridized carbons (Fsp3) is 0. The number of benzene rings is 10. The lowest BCUT2D eigenvalue weighted by Gasteiger charge is -2.13. The molecule has 0 nitrogen and oxygen atoms in total. The summed E-state index contributed by atoms with van der Waals surface area (Å²) in [5.74, 6) is 0. The highest BCUT2D eigenvalue weighted by Crippen LogP contribution is 2.39. The Morgan fingerprint density at radius 1 is 0.146 bits per heavy atom. The van der Waals surface area contributed by atoms with Gasteiger partial charge in [0, 0.05) is 0 Å². The minimum absolute atomic E-state index is 1.22. The van der Waals surface area contributed by atoms with E-state index in [2.05, 4.69) is 182 Å². The topological polar surface area (TPSA) is 0 Å². The second-order valence-corrected chi connectivity index (χ2v) is 12.9. The zero-order chi connectivity index (χ0) is 31.6. The average molecular weight is 607 g/mol. The van der Waals surface area contributed by atoms with Gasteiger partial charge in [0.25, 0.3) is 0 Å². The van der Waals surface area contributed by atoms with E-state index in [1.807, 2.05) is 0 Å². The van der Waals surface area contributed by atoms with E-state index >= 15 is 0 Å². The molecule has 0 saturated heterocycles. The zero-order valence-electron chi connectivity index (χ0n) is 26.3. The van der Waals surface area contributed by atoms with Gasteiger partial charge in [0.1, 0.15) is 0 Å². The highest BCUT2D eigenvalue weighted by Gasteiger charge is 2.12. The van der Waals surface area contributed by atoms with Crippen molar-refractivity contribution in [1.29, 1.82) is 0 Å². The first kappa shape index (κ1) is 26.9. The number of rotatable bonds is 3. The van der Waals surface area contributed by atoms with Crippen LogP contribution in [0, 0.1) is 0 Å². The second-order valence-electron chi connectivity index (χ2n) is 12.9. The van der Waals surface area contributed by atoms with E-state index in [4.69, 9.17) is 0 Å². The molecule has 0 atom stereocenters. The molecule has 0 radical (unpaired) electrons. The molecule has 0 bridgehead atoms. The Hall–Kier alpha value is -6.24. The van der Waals surface area contributed by atoms with Crippen LogP contribution in [0.15, 0.2) is 182 Å². The lowest BCUT2D eigenvalue weighted by molar-refractivity contribution is 1.59. The molecular formula is C48H30. The summed E-state index contributed by atoms with van der Waals surface area (Å²) in [6.45, 7) is 0. The summed E-state index contributed by atoms with van der Waals surface area (Å²) in [4.78, 5) is 0. The molecule has 0 aliphatic heterocycles. The van der Waals surface area contributed by atoms with Gasteiger partial charge in [-0.3, -0.25) is 0 Å². The van der Waals surface area contributed by atoms with Gasteiger partial charge in [0.2, 0.25) is 0 Å². The van der Waals surface area contributed by atoms with E-state index in [1.165, 1.54) is 98.0 Å². The first-order valence-corrected chi connectivity index (χ1v) is 16.7. The average Bonchev–Trinajstić information content (AvgIpc) is 3.18. The molecule has 0 saturated carbocycles. The Bertz CT molecular complexity index is 2800. The molecule has 10 aromatic carbocycles.